The molecule has 0 rings (SSSR count). The second-order valence-electron chi connectivity index (χ2n) is 7.70. The first-order chi connectivity index (χ1) is 16.6. The molecule has 0 radical (unpaired) electrons. The van der Waals surface area contributed by atoms with Gasteiger partial charge in [0, 0.05) is 50.1 Å². The molecule has 13 nitrogen and oxygen atoms in total. The minimum atomic E-state index is -1.72. The highest BCUT2D eigenvalue weighted by Crippen LogP contribution is 2.03. The summed E-state index contributed by atoms with van der Waals surface area (Å²) in [5.74, 6) is -0.299. The summed E-state index contributed by atoms with van der Waals surface area (Å²) in [5, 5.41) is 30.0. The molecular weight excluding hydrogens is 500 g/mol. The molecule has 202 valence electrons. The van der Waals surface area contributed by atoms with Gasteiger partial charge in [0.1, 0.15) is 6.29 Å². The Kier molecular flexibility index (Phi) is 19.2. The van der Waals surface area contributed by atoms with Crippen LogP contribution in [0.25, 0.3) is 0 Å². The summed E-state index contributed by atoms with van der Waals surface area (Å²) >= 11 is 2.62. The Bertz CT molecular complexity index is 672. The fourth-order valence-electron chi connectivity index (χ4n) is 2.36. The van der Waals surface area contributed by atoms with E-state index >= 15 is 0 Å². The smallest absolute Gasteiger partial charge is 0.251 e. The number of rotatable bonds is 20. The van der Waals surface area contributed by atoms with Crippen molar-refractivity contribution in [2.75, 3.05) is 49.2 Å². The van der Waals surface area contributed by atoms with Gasteiger partial charge in [-0.3, -0.25) is 19.2 Å². The highest BCUT2D eigenvalue weighted by Gasteiger charge is 2.24. The molecule has 15 heteroatoms. The second-order valence-corrected chi connectivity index (χ2v) is 9.76. The Hall–Kier alpha value is -1.91. The number of hydrogen-bond donors (Lipinski definition) is 8. The zero-order chi connectivity index (χ0) is 26.6. The first kappa shape index (κ1) is 33.1. The average molecular weight is 539 g/mol. The fraction of sp³-hybridized carbons (Fsp3) is 0.750. The third-order valence-corrected chi connectivity index (χ3v) is 6.46. The molecule has 10 N–H and O–H groups in total. The van der Waals surface area contributed by atoms with E-state index in [1.54, 1.807) is 0 Å². The van der Waals surface area contributed by atoms with Gasteiger partial charge in [0.2, 0.25) is 17.7 Å². The van der Waals surface area contributed by atoms with Crippen molar-refractivity contribution in [3.8, 4) is 0 Å². The molecule has 0 bridgehead atoms. The predicted molar refractivity (Wildman–Crippen MR) is 136 cm³/mol. The van der Waals surface area contributed by atoms with Gasteiger partial charge in [-0.25, -0.2) is 0 Å². The van der Waals surface area contributed by atoms with Crippen molar-refractivity contribution >= 4 is 53.4 Å². The summed E-state index contributed by atoms with van der Waals surface area (Å²) in [6.07, 6.45) is -2.83. The number of aliphatic hydroxyl groups excluding tert-OH is 2. The Morgan fingerprint density at radius 3 is 1.83 bits per heavy atom. The Labute approximate surface area is 213 Å². The molecule has 0 aliphatic carbocycles. The summed E-state index contributed by atoms with van der Waals surface area (Å²) in [6.45, 7) is 2.43. The number of carbonyl (C=O) groups excluding carboxylic acids is 5. The topological polar surface area (TPSA) is 226 Å². The number of nitrogens with one attached hydrogen (secondary N) is 4. The quantitative estimate of drug-likeness (QED) is 0.0555. The van der Waals surface area contributed by atoms with Crippen LogP contribution in [0.2, 0.25) is 0 Å². The van der Waals surface area contributed by atoms with Crippen molar-refractivity contribution in [2.24, 2.45) is 11.5 Å². The third-order valence-electron chi connectivity index (χ3n) is 4.15. The number of nitrogens with two attached hydrogens (primary N) is 2. The van der Waals surface area contributed by atoms with Crippen LogP contribution in [-0.2, 0) is 24.0 Å². The van der Waals surface area contributed by atoms with Gasteiger partial charge in [-0.2, -0.15) is 11.8 Å². The van der Waals surface area contributed by atoms with Crippen LogP contribution >= 0.6 is 23.5 Å². The van der Waals surface area contributed by atoms with Crippen LogP contribution in [0, 0.1) is 0 Å². The zero-order valence-corrected chi connectivity index (χ0v) is 21.5. The van der Waals surface area contributed by atoms with Crippen LogP contribution < -0.4 is 32.7 Å². The number of amides is 4. The number of hydrogen-bond acceptors (Lipinski definition) is 11. The summed E-state index contributed by atoms with van der Waals surface area (Å²) in [7, 11) is 0. The molecule has 35 heavy (non-hydrogen) atoms. The highest BCUT2D eigenvalue weighted by molar-refractivity contribution is 8.00. The molecule has 0 spiro atoms. The molecule has 4 unspecified atom stereocenters. The fourth-order valence-corrected chi connectivity index (χ4v) is 3.90. The molecular formula is C20H38N6O7S2. The number of thioether (sulfide) groups is 2. The number of carbonyl (C=O) groups is 5. The van der Waals surface area contributed by atoms with Crippen molar-refractivity contribution in [2.45, 2.75) is 44.1 Å². The van der Waals surface area contributed by atoms with Crippen LogP contribution in [0.15, 0.2) is 0 Å². The van der Waals surface area contributed by atoms with E-state index in [9.17, 15) is 34.2 Å². The van der Waals surface area contributed by atoms with Crippen molar-refractivity contribution in [1.29, 1.82) is 0 Å². The minimum absolute atomic E-state index is 0.00484. The van der Waals surface area contributed by atoms with Crippen LogP contribution in [0.3, 0.4) is 0 Å². The molecule has 4 amide bonds. The van der Waals surface area contributed by atoms with E-state index < -0.39 is 30.1 Å². The molecule has 4 atom stereocenters. The highest BCUT2D eigenvalue weighted by atomic mass is 32.2. The van der Waals surface area contributed by atoms with E-state index in [2.05, 4.69) is 21.3 Å². The molecule has 0 aliphatic heterocycles. The SMILES string of the molecule is CC(N)CSCC(=O)NCCNC(=O)C(O)C(O)CCC(=O)NCCNC(=O)CSCC(N)C=O. The first-order valence-electron chi connectivity index (χ1n) is 11.1. The summed E-state index contributed by atoms with van der Waals surface area (Å²) in [5.41, 5.74) is 11.0. The summed E-state index contributed by atoms with van der Waals surface area (Å²) in [6, 6.07) is -0.616. The van der Waals surface area contributed by atoms with Gasteiger partial charge in [0.15, 0.2) is 6.10 Å². The summed E-state index contributed by atoms with van der Waals surface area (Å²) < 4.78 is 0. The van der Waals surface area contributed by atoms with Crippen molar-refractivity contribution in [3.05, 3.63) is 0 Å². The average Bonchev–Trinajstić information content (AvgIpc) is 2.81. The maximum absolute atomic E-state index is 11.9. The first-order valence-corrected chi connectivity index (χ1v) is 13.4. The summed E-state index contributed by atoms with van der Waals surface area (Å²) in [4.78, 5) is 57.4. The lowest BCUT2D eigenvalue weighted by molar-refractivity contribution is -0.136. The molecule has 0 saturated heterocycles. The molecule has 0 heterocycles. The largest absolute Gasteiger partial charge is 0.390 e. The van der Waals surface area contributed by atoms with Gasteiger partial charge in [-0.05, 0) is 13.3 Å². The standard InChI is InChI=1S/C20H38N6O7S2/c1-13(21)9-34-11-17(30)25-6-7-26-20(33)19(32)15(28)2-3-16(29)23-4-5-24-18(31)12-35-10-14(22)8-27/h8,13-15,19,28,32H,2-7,9-12,21-22H2,1H3,(H,23,29)(H,24,31)(H,25,30)(H,26,33). The van der Waals surface area contributed by atoms with Crippen molar-refractivity contribution in [3.63, 3.8) is 0 Å². The Morgan fingerprint density at radius 2 is 1.31 bits per heavy atom. The molecule has 0 fully saturated rings. The maximum Gasteiger partial charge on any atom is 0.251 e. The van der Waals surface area contributed by atoms with Crippen LogP contribution in [0.5, 0.6) is 0 Å². The van der Waals surface area contributed by atoms with Crippen molar-refractivity contribution in [1.82, 2.24) is 21.3 Å². The van der Waals surface area contributed by atoms with Gasteiger partial charge >= 0.3 is 0 Å². The lowest BCUT2D eigenvalue weighted by atomic mass is 10.1. The number of aldehydes is 1. The van der Waals surface area contributed by atoms with Gasteiger partial charge < -0.3 is 47.7 Å². The zero-order valence-electron chi connectivity index (χ0n) is 19.9. The van der Waals surface area contributed by atoms with Crippen LogP contribution in [0.1, 0.15) is 19.8 Å². The second kappa shape index (κ2) is 20.3. The molecule has 0 saturated carbocycles. The Balaban J connectivity index is 3.89. The van der Waals surface area contributed by atoms with Gasteiger partial charge in [0.05, 0.1) is 23.7 Å². The van der Waals surface area contributed by atoms with E-state index in [-0.39, 0.29) is 68.4 Å². The van der Waals surface area contributed by atoms with E-state index in [0.29, 0.717) is 17.8 Å². The monoisotopic (exact) mass is 538 g/mol. The van der Waals surface area contributed by atoms with Crippen molar-refractivity contribution < 1.29 is 34.2 Å². The predicted octanol–water partition coefficient (Wildman–Crippen LogP) is -3.71. The maximum atomic E-state index is 11.9. The third kappa shape index (κ3) is 19.0. The Morgan fingerprint density at radius 1 is 0.829 bits per heavy atom. The van der Waals surface area contributed by atoms with E-state index in [0.717, 1.165) is 0 Å². The van der Waals surface area contributed by atoms with E-state index in [1.807, 2.05) is 6.92 Å². The van der Waals surface area contributed by atoms with Gasteiger partial charge in [-0.1, -0.05) is 0 Å². The lowest BCUT2D eigenvalue weighted by Gasteiger charge is -2.17. The van der Waals surface area contributed by atoms with Crippen LogP contribution in [-0.4, -0.2) is 114 Å². The normalized spacial score (nSPS) is 14.2. The molecule has 0 aromatic heterocycles. The van der Waals surface area contributed by atoms with E-state index in [4.69, 9.17) is 11.5 Å². The number of aliphatic hydroxyl groups is 2. The molecule has 0 aromatic rings. The minimum Gasteiger partial charge on any atom is -0.390 e. The lowest BCUT2D eigenvalue weighted by Crippen LogP contribution is -2.45. The van der Waals surface area contributed by atoms with Gasteiger partial charge in [-0.15, -0.1) is 11.8 Å². The van der Waals surface area contributed by atoms with Crippen LogP contribution in [0.4, 0.5) is 0 Å². The molecule has 0 aliphatic rings. The van der Waals surface area contributed by atoms with E-state index in [1.165, 1.54) is 23.5 Å². The van der Waals surface area contributed by atoms with Gasteiger partial charge in [0.25, 0.3) is 5.91 Å². The molecule has 0 aromatic carbocycles.